The van der Waals surface area contributed by atoms with E-state index in [4.69, 9.17) is 10.5 Å². The van der Waals surface area contributed by atoms with E-state index in [1.54, 1.807) is 7.11 Å². The summed E-state index contributed by atoms with van der Waals surface area (Å²) in [5, 5.41) is 0. The lowest BCUT2D eigenvalue weighted by molar-refractivity contribution is 0.414. The van der Waals surface area contributed by atoms with Crippen molar-refractivity contribution in [1.29, 1.82) is 0 Å². The van der Waals surface area contributed by atoms with Gasteiger partial charge in [0, 0.05) is 17.8 Å². The Morgan fingerprint density at radius 3 is 2.50 bits per heavy atom. The summed E-state index contributed by atoms with van der Waals surface area (Å²) in [5.41, 5.74) is 7.99. The zero-order chi connectivity index (χ0) is 12.8. The molecule has 0 aliphatic carbocycles. The Hall–Kier alpha value is -1.87. The second-order valence-corrected chi connectivity index (χ2v) is 4.16. The lowest BCUT2D eigenvalue weighted by Gasteiger charge is -2.16. The van der Waals surface area contributed by atoms with E-state index in [0.29, 0.717) is 6.54 Å². The van der Waals surface area contributed by atoms with E-state index in [2.05, 4.69) is 17.1 Å². The molecule has 0 aliphatic heterocycles. The SMILES string of the molecule is COc1ccc([C@@H](CCN)c2ccccn2)cc1. The van der Waals surface area contributed by atoms with Crippen molar-refractivity contribution in [3.05, 3.63) is 59.9 Å². The number of nitrogens with zero attached hydrogens (tertiary/aromatic N) is 1. The molecule has 0 aliphatic rings. The highest BCUT2D eigenvalue weighted by Crippen LogP contribution is 2.27. The van der Waals surface area contributed by atoms with Gasteiger partial charge in [0.1, 0.15) is 5.75 Å². The van der Waals surface area contributed by atoms with Gasteiger partial charge in [0.25, 0.3) is 0 Å². The average Bonchev–Trinajstić information content (AvgIpc) is 2.46. The van der Waals surface area contributed by atoms with Crippen molar-refractivity contribution in [3.63, 3.8) is 0 Å². The monoisotopic (exact) mass is 242 g/mol. The summed E-state index contributed by atoms with van der Waals surface area (Å²) >= 11 is 0. The predicted octanol–water partition coefficient (Wildman–Crippen LogP) is 2.57. The van der Waals surface area contributed by atoms with Gasteiger partial charge in [0.05, 0.1) is 7.11 Å². The molecule has 0 saturated heterocycles. The van der Waals surface area contributed by atoms with Crippen LogP contribution in [0.1, 0.15) is 23.6 Å². The molecule has 0 radical (unpaired) electrons. The Kier molecular flexibility index (Phi) is 4.31. The van der Waals surface area contributed by atoms with Crippen molar-refractivity contribution < 1.29 is 4.74 Å². The maximum atomic E-state index is 5.71. The van der Waals surface area contributed by atoms with Crippen LogP contribution >= 0.6 is 0 Å². The Bertz CT molecular complexity index is 468. The molecule has 2 aromatic rings. The summed E-state index contributed by atoms with van der Waals surface area (Å²) in [6.07, 6.45) is 2.71. The van der Waals surface area contributed by atoms with E-state index in [9.17, 15) is 0 Å². The Morgan fingerprint density at radius 1 is 1.17 bits per heavy atom. The van der Waals surface area contributed by atoms with Gasteiger partial charge in [-0.3, -0.25) is 4.98 Å². The van der Waals surface area contributed by atoms with Crippen LogP contribution in [0.5, 0.6) is 5.75 Å². The van der Waals surface area contributed by atoms with Gasteiger partial charge < -0.3 is 10.5 Å². The van der Waals surface area contributed by atoms with Crippen LogP contribution in [-0.4, -0.2) is 18.6 Å². The van der Waals surface area contributed by atoms with Crippen LogP contribution < -0.4 is 10.5 Å². The van der Waals surface area contributed by atoms with Crippen LogP contribution in [-0.2, 0) is 0 Å². The van der Waals surface area contributed by atoms with Crippen molar-refractivity contribution >= 4 is 0 Å². The van der Waals surface area contributed by atoms with Gasteiger partial charge in [0.2, 0.25) is 0 Å². The number of hydrogen-bond donors (Lipinski definition) is 1. The first-order valence-electron chi connectivity index (χ1n) is 6.10. The third-order valence-corrected chi connectivity index (χ3v) is 3.02. The molecule has 0 unspecified atom stereocenters. The van der Waals surface area contributed by atoms with Gasteiger partial charge in [-0.2, -0.15) is 0 Å². The number of nitrogens with two attached hydrogens (primary N) is 1. The molecule has 3 nitrogen and oxygen atoms in total. The molecular formula is C15H18N2O. The minimum absolute atomic E-state index is 0.252. The van der Waals surface area contributed by atoms with Crippen LogP contribution in [0.15, 0.2) is 48.7 Å². The first-order chi connectivity index (χ1) is 8.85. The number of pyridine rings is 1. The molecule has 3 heteroatoms. The van der Waals surface area contributed by atoms with Crippen LogP contribution in [0.2, 0.25) is 0 Å². The molecule has 1 aromatic heterocycles. The predicted molar refractivity (Wildman–Crippen MR) is 72.7 cm³/mol. The molecule has 0 fully saturated rings. The lowest BCUT2D eigenvalue weighted by Crippen LogP contribution is -2.10. The zero-order valence-corrected chi connectivity index (χ0v) is 10.5. The number of benzene rings is 1. The van der Waals surface area contributed by atoms with E-state index in [1.807, 2.05) is 36.5 Å². The van der Waals surface area contributed by atoms with Crippen molar-refractivity contribution in [2.24, 2.45) is 5.73 Å². The molecule has 0 spiro atoms. The minimum atomic E-state index is 0.252. The highest BCUT2D eigenvalue weighted by atomic mass is 16.5. The van der Waals surface area contributed by atoms with Crippen molar-refractivity contribution in [2.75, 3.05) is 13.7 Å². The molecule has 94 valence electrons. The Balaban J connectivity index is 2.29. The molecule has 0 bridgehead atoms. The van der Waals surface area contributed by atoms with Gasteiger partial charge >= 0.3 is 0 Å². The summed E-state index contributed by atoms with van der Waals surface area (Å²) in [6, 6.07) is 14.1. The highest BCUT2D eigenvalue weighted by Gasteiger charge is 2.14. The van der Waals surface area contributed by atoms with E-state index < -0.39 is 0 Å². The summed E-state index contributed by atoms with van der Waals surface area (Å²) in [4.78, 5) is 4.43. The third-order valence-electron chi connectivity index (χ3n) is 3.02. The molecular weight excluding hydrogens is 224 g/mol. The largest absolute Gasteiger partial charge is 0.497 e. The third kappa shape index (κ3) is 2.87. The topological polar surface area (TPSA) is 48.1 Å². The van der Waals surface area contributed by atoms with Crippen molar-refractivity contribution in [2.45, 2.75) is 12.3 Å². The maximum Gasteiger partial charge on any atom is 0.118 e. The van der Waals surface area contributed by atoms with E-state index in [-0.39, 0.29) is 5.92 Å². The summed E-state index contributed by atoms with van der Waals surface area (Å²) in [6.45, 7) is 0.646. The summed E-state index contributed by atoms with van der Waals surface area (Å²) in [7, 11) is 1.67. The molecule has 1 heterocycles. The Labute approximate surface area is 108 Å². The van der Waals surface area contributed by atoms with E-state index in [0.717, 1.165) is 17.9 Å². The van der Waals surface area contributed by atoms with Crippen LogP contribution in [0.3, 0.4) is 0 Å². The molecule has 1 atom stereocenters. The molecule has 0 saturated carbocycles. The van der Waals surface area contributed by atoms with Gasteiger partial charge in [-0.25, -0.2) is 0 Å². The van der Waals surface area contributed by atoms with Gasteiger partial charge in [-0.15, -0.1) is 0 Å². The van der Waals surface area contributed by atoms with E-state index in [1.165, 1.54) is 5.56 Å². The number of hydrogen-bond acceptors (Lipinski definition) is 3. The second kappa shape index (κ2) is 6.17. The van der Waals surface area contributed by atoms with Gasteiger partial charge in [-0.1, -0.05) is 18.2 Å². The molecule has 0 amide bonds. The molecule has 1 aromatic carbocycles. The normalized spacial score (nSPS) is 12.1. The number of aromatic nitrogens is 1. The fraction of sp³-hybridized carbons (Fsp3) is 0.267. The van der Waals surface area contributed by atoms with Crippen molar-refractivity contribution in [3.8, 4) is 5.75 Å². The summed E-state index contributed by atoms with van der Waals surface area (Å²) < 4.78 is 5.17. The molecule has 18 heavy (non-hydrogen) atoms. The Morgan fingerprint density at radius 2 is 1.94 bits per heavy atom. The first kappa shape index (κ1) is 12.6. The minimum Gasteiger partial charge on any atom is -0.497 e. The molecule has 2 rings (SSSR count). The highest BCUT2D eigenvalue weighted by molar-refractivity contribution is 5.33. The fourth-order valence-electron chi connectivity index (χ4n) is 2.07. The summed E-state index contributed by atoms with van der Waals surface area (Å²) in [5.74, 6) is 1.12. The standard InChI is InChI=1S/C15H18N2O/c1-18-13-7-5-12(6-8-13)14(9-10-16)15-4-2-3-11-17-15/h2-8,11,14H,9-10,16H2,1H3/t14-/m1/s1. The van der Waals surface area contributed by atoms with Gasteiger partial charge in [0.15, 0.2) is 0 Å². The zero-order valence-electron chi connectivity index (χ0n) is 10.5. The fourth-order valence-corrected chi connectivity index (χ4v) is 2.07. The van der Waals surface area contributed by atoms with Crippen LogP contribution in [0, 0.1) is 0 Å². The number of rotatable bonds is 5. The van der Waals surface area contributed by atoms with Crippen LogP contribution in [0.25, 0.3) is 0 Å². The molecule has 2 N–H and O–H groups in total. The smallest absolute Gasteiger partial charge is 0.118 e. The second-order valence-electron chi connectivity index (χ2n) is 4.16. The maximum absolute atomic E-state index is 5.71. The van der Waals surface area contributed by atoms with Gasteiger partial charge in [-0.05, 0) is 42.8 Å². The first-order valence-corrected chi connectivity index (χ1v) is 6.10. The number of methoxy groups -OCH3 is 1. The quantitative estimate of drug-likeness (QED) is 0.876. The van der Waals surface area contributed by atoms with E-state index >= 15 is 0 Å². The number of ether oxygens (including phenoxy) is 1. The van der Waals surface area contributed by atoms with Crippen molar-refractivity contribution in [1.82, 2.24) is 4.98 Å². The lowest BCUT2D eigenvalue weighted by atomic mass is 9.92. The average molecular weight is 242 g/mol. The van der Waals surface area contributed by atoms with Crippen LogP contribution in [0.4, 0.5) is 0 Å².